The first-order valence-electron chi connectivity index (χ1n) is 8.58. The molecule has 0 radical (unpaired) electrons. The van der Waals surface area contributed by atoms with Gasteiger partial charge in [0.05, 0.1) is 16.9 Å². The molecule has 0 saturated heterocycles. The summed E-state index contributed by atoms with van der Waals surface area (Å²) in [6.07, 6.45) is 5.50. The lowest BCUT2D eigenvalue weighted by Gasteiger charge is -2.07. The topological polar surface area (TPSA) is 82.7 Å². The first-order valence-corrected chi connectivity index (χ1v) is 8.58. The molecular formula is C21H16FN5O. The minimum atomic E-state index is -0.416. The summed E-state index contributed by atoms with van der Waals surface area (Å²) in [5, 5.41) is 13.6. The van der Waals surface area contributed by atoms with Crippen molar-refractivity contribution in [2.24, 2.45) is 0 Å². The van der Waals surface area contributed by atoms with E-state index in [1.54, 1.807) is 18.3 Å². The monoisotopic (exact) mass is 373 g/mol. The van der Waals surface area contributed by atoms with Gasteiger partial charge in [-0.05, 0) is 66.7 Å². The normalized spacial score (nSPS) is 11.0. The second-order valence-corrected chi connectivity index (χ2v) is 6.04. The van der Waals surface area contributed by atoms with E-state index >= 15 is 0 Å². The Balaban J connectivity index is 1.47. The van der Waals surface area contributed by atoms with Gasteiger partial charge in [0.2, 0.25) is 0 Å². The third-order valence-electron chi connectivity index (χ3n) is 4.05. The molecule has 0 aliphatic carbocycles. The largest absolute Gasteiger partial charge is 0.323 e. The molecule has 0 aliphatic heterocycles. The van der Waals surface area contributed by atoms with E-state index in [-0.39, 0.29) is 5.82 Å². The van der Waals surface area contributed by atoms with E-state index in [0.29, 0.717) is 11.4 Å². The van der Waals surface area contributed by atoms with Gasteiger partial charge >= 0.3 is 6.03 Å². The molecule has 7 heteroatoms. The first-order chi connectivity index (χ1) is 13.7. The Morgan fingerprint density at radius 2 is 1.75 bits per heavy atom. The number of urea groups is 1. The zero-order valence-corrected chi connectivity index (χ0v) is 14.7. The summed E-state index contributed by atoms with van der Waals surface area (Å²) in [5.74, 6) is -0.358. The predicted octanol–water partition coefficient (Wildman–Crippen LogP) is 4.91. The number of carbonyl (C=O) groups is 1. The van der Waals surface area contributed by atoms with Crippen LogP contribution in [-0.4, -0.2) is 21.2 Å². The molecule has 0 saturated carbocycles. The molecule has 4 aromatic rings. The van der Waals surface area contributed by atoms with Crippen molar-refractivity contribution in [2.45, 2.75) is 0 Å². The van der Waals surface area contributed by atoms with Crippen LogP contribution >= 0.6 is 0 Å². The molecule has 4 rings (SSSR count). The van der Waals surface area contributed by atoms with Gasteiger partial charge in [0.25, 0.3) is 0 Å². The van der Waals surface area contributed by atoms with Crippen LogP contribution in [0.4, 0.5) is 20.6 Å². The Hall–Kier alpha value is -4.00. The summed E-state index contributed by atoms with van der Waals surface area (Å²) in [6.45, 7) is 0. The molecule has 0 atom stereocenters. The standard InChI is InChI=1S/C21H16FN5O/c22-14-4-6-16(7-5-14)24-21(28)25-17-8-10-18-19(26-27-20(18)13-17)11-9-15-3-1-2-12-23-15/h1-13H,(H,26,27)(H2,24,25,28)/b11-9+. The van der Waals surface area contributed by atoms with Gasteiger partial charge in [0.15, 0.2) is 0 Å². The van der Waals surface area contributed by atoms with Crippen molar-refractivity contribution >= 4 is 40.5 Å². The SMILES string of the molecule is O=C(Nc1ccc(F)cc1)Nc1ccc2c(/C=C/c3ccccn3)n[nH]c2c1. The van der Waals surface area contributed by atoms with Crippen LogP contribution in [0.15, 0.2) is 66.9 Å². The summed E-state index contributed by atoms with van der Waals surface area (Å²) in [7, 11) is 0. The Morgan fingerprint density at radius 1 is 0.964 bits per heavy atom. The molecule has 28 heavy (non-hydrogen) atoms. The van der Waals surface area contributed by atoms with E-state index in [4.69, 9.17) is 0 Å². The predicted molar refractivity (Wildman–Crippen MR) is 108 cm³/mol. The number of nitrogens with zero attached hydrogens (tertiary/aromatic N) is 2. The van der Waals surface area contributed by atoms with E-state index in [9.17, 15) is 9.18 Å². The van der Waals surface area contributed by atoms with Crippen molar-refractivity contribution in [2.75, 3.05) is 10.6 Å². The number of halogens is 1. The zero-order valence-electron chi connectivity index (χ0n) is 14.7. The average Bonchev–Trinajstić information content (AvgIpc) is 3.11. The van der Waals surface area contributed by atoms with Crippen molar-refractivity contribution in [3.8, 4) is 0 Å². The highest BCUT2D eigenvalue weighted by molar-refractivity contribution is 6.01. The lowest BCUT2D eigenvalue weighted by Crippen LogP contribution is -2.19. The zero-order chi connectivity index (χ0) is 19.3. The molecule has 2 heterocycles. The summed E-state index contributed by atoms with van der Waals surface area (Å²) >= 11 is 0. The van der Waals surface area contributed by atoms with E-state index < -0.39 is 6.03 Å². The van der Waals surface area contributed by atoms with Crippen LogP contribution in [0.5, 0.6) is 0 Å². The van der Waals surface area contributed by atoms with Crippen LogP contribution in [0.3, 0.4) is 0 Å². The van der Waals surface area contributed by atoms with Crippen LogP contribution in [0.1, 0.15) is 11.4 Å². The maximum Gasteiger partial charge on any atom is 0.323 e. The van der Waals surface area contributed by atoms with Gasteiger partial charge in [0, 0.05) is 23.0 Å². The minimum absolute atomic E-state index is 0.358. The number of amides is 2. The van der Waals surface area contributed by atoms with E-state index in [1.165, 1.54) is 24.3 Å². The fourth-order valence-electron chi connectivity index (χ4n) is 2.71. The molecule has 2 aromatic carbocycles. The second kappa shape index (κ2) is 7.71. The van der Waals surface area contributed by atoms with Gasteiger partial charge in [-0.2, -0.15) is 5.10 Å². The van der Waals surface area contributed by atoms with Gasteiger partial charge < -0.3 is 10.6 Å². The van der Waals surface area contributed by atoms with Gasteiger partial charge in [-0.1, -0.05) is 6.07 Å². The Labute approximate surface area is 160 Å². The molecule has 138 valence electrons. The highest BCUT2D eigenvalue weighted by Gasteiger charge is 2.07. The molecule has 0 bridgehead atoms. The molecule has 6 nitrogen and oxygen atoms in total. The van der Waals surface area contributed by atoms with E-state index in [0.717, 1.165) is 22.3 Å². The van der Waals surface area contributed by atoms with Crippen LogP contribution in [0, 0.1) is 5.82 Å². The maximum absolute atomic E-state index is 12.9. The number of hydrogen-bond donors (Lipinski definition) is 3. The molecule has 0 fully saturated rings. The van der Waals surface area contributed by atoms with Gasteiger partial charge in [-0.15, -0.1) is 0 Å². The molecule has 2 aromatic heterocycles. The number of rotatable bonds is 4. The van der Waals surface area contributed by atoms with E-state index in [2.05, 4.69) is 25.8 Å². The summed E-state index contributed by atoms with van der Waals surface area (Å²) < 4.78 is 12.9. The quantitative estimate of drug-likeness (QED) is 0.475. The van der Waals surface area contributed by atoms with Crippen molar-refractivity contribution in [3.05, 3.63) is 84.1 Å². The molecule has 0 unspecified atom stereocenters. The number of benzene rings is 2. The molecular weight excluding hydrogens is 357 g/mol. The van der Waals surface area contributed by atoms with Gasteiger partial charge in [-0.3, -0.25) is 10.1 Å². The van der Waals surface area contributed by atoms with Crippen LogP contribution in [-0.2, 0) is 0 Å². The fourth-order valence-corrected chi connectivity index (χ4v) is 2.71. The number of fused-ring (bicyclic) bond motifs is 1. The third-order valence-corrected chi connectivity index (χ3v) is 4.05. The van der Waals surface area contributed by atoms with Crippen molar-refractivity contribution in [1.82, 2.24) is 15.2 Å². The Morgan fingerprint density at radius 3 is 2.54 bits per heavy atom. The first kappa shape index (κ1) is 17.4. The lowest BCUT2D eigenvalue weighted by atomic mass is 10.1. The second-order valence-electron chi connectivity index (χ2n) is 6.04. The van der Waals surface area contributed by atoms with Gasteiger partial charge in [-0.25, -0.2) is 9.18 Å². The Bertz CT molecular complexity index is 1140. The van der Waals surface area contributed by atoms with Gasteiger partial charge in [0.1, 0.15) is 5.82 Å². The van der Waals surface area contributed by atoms with Crippen molar-refractivity contribution in [3.63, 3.8) is 0 Å². The number of carbonyl (C=O) groups excluding carboxylic acids is 1. The molecule has 3 N–H and O–H groups in total. The van der Waals surface area contributed by atoms with Crippen LogP contribution in [0.25, 0.3) is 23.1 Å². The highest BCUT2D eigenvalue weighted by Crippen LogP contribution is 2.22. The fraction of sp³-hybridized carbons (Fsp3) is 0. The average molecular weight is 373 g/mol. The minimum Gasteiger partial charge on any atom is -0.308 e. The van der Waals surface area contributed by atoms with E-state index in [1.807, 2.05) is 36.4 Å². The molecule has 0 spiro atoms. The number of pyridine rings is 1. The summed E-state index contributed by atoms with van der Waals surface area (Å²) in [5.41, 5.74) is 3.53. The molecule has 0 aliphatic rings. The number of aromatic nitrogens is 3. The van der Waals surface area contributed by atoms with Crippen molar-refractivity contribution in [1.29, 1.82) is 0 Å². The number of hydrogen-bond acceptors (Lipinski definition) is 3. The number of nitrogens with one attached hydrogen (secondary N) is 3. The van der Waals surface area contributed by atoms with Crippen LogP contribution < -0.4 is 10.6 Å². The van der Waals surface area contributed by atoms with Crippen molar-refractivity contribution < 1.29 is 9.18 Å². The number of H-pyrrole nitrogens is 1. The molecule has 2 amide bonds. The third kappa shape index (κ3) is 4.04. The smallest absolute Gasteiger partial charge is 0.308 e. The summed E-state index contributed by atoms with van der Waals surface area (Å²) in [4.78, 5) is 16.4. The summed E-state index contributed by atoms with van der Waals surface area (Å²) in [6, 6.07) is 16.3. The maximum atomic E-state index is 12.9. The Kier molecular flexibility index (Phi) is 4.79. The highest BCUT2D eigenvalue weighted by atomic mass is 19.1. The number of aromatic amines is 1. The number of anilines is 2. The van der Waals surface area contributed by atoms with Crippen LogP contribution in [0.2, 0.25) is 0 Å². The lowest BCUT2D eigenvalue weighted by molar-refractivity contribution is 0.262.